The van der Waals surface area contributed by atoms with E-state index in [9.17, 15) is 5.11 Å². The summed E-state index contributed by atoms with van der Waals surface area (Å²) in [6.45, 7) is 3.80. The Morgan fingerprint density at radius 1 is 1.59 bits per heavy atom. The number of aryl methyl sites for hydroxylation is 2. The number of nitrogens with one attached hydrogen (secondary N) is 1. The Balaban J connectivity index is 2.14. The first-order valence-corrected chi connectivity index (χ1v) is 6.60. The van der Waals surface area contributed by atoms with Crippen LogP contribution in [0.15, 0.2) is 0 Å². The molecular formula is C12H20ClN3O. The standard InChI is InChI=1S/C12H20ClN3O/c1-3-9-12(13)10(16(2)15-9)6-8-7-14-5-4-11(8)17/h8,11,14,17H,3-7H2,1-2H3. The van der Waals surface area contributed by atoms with Crippen molar-refractivity contribution in [3.05, 3.63) is 16.4 Å². The van der Waals surface area contributed by atoms with E-state index in [2.05, 4.69) is 17.3 Å². The van der Waals surface area contributed by atoms with Gasteiger partial charge >= 0.3 is 0 Å². The number of aromatic nitrogens is 2. The lowest BCUT2D eigenvalue weighted by Gasteiger charge is -2.28. The maximum Gasteiger partial charge on any atom is 0.0849 e. The highest BCUT2D eigenvalue weighted by Crippen LogP contribution is 2.25. The highest BCUT2D eigenvalue weighted by Gasteiger charge is 2.25. The predicted molar refractivity (Wildman–Crippen MR) is 68.3 cm³/mol. The van der Waals surface area contributed by atoms with Crippen LogP contribution >= 0.6 is 11.6 Å². The number of nitrogens with zero attached hydrogens (tertiary/aromatic N) is 2. The lowest BCUT2D eigenvalue weighted by molar-refractivity contribution is 0.0782. The highest BCUT2D eigenvalue weighted by atomic mass is 35.5. The first-order chi connectivity index (χ1) is 8.13. The molecule has 1 aromatic rings. The van der Waals surface area contributed by atoms with Gasteiger partial charge in [-0.1, -0.05) is 18.5 Å². The van der Waals surface area contributed by atoms with E-state index in [1.165, 1.54) is 0 Å². The summed E-state index contributed by atoms with van der Waals surface area (Å²) in [5.74, 6) is 0.237. The summed E-state index contributed by atoms with van der Waals surface area (Å²) in [6, 6.07) is 0. The van der Waals surface area contributed by atoms with E-state index in [1.807, 2.05) is 11.7 Å². The molecule has 5 heteroatoms. The Bertz CT molecular complexity index is 391. The van der Waals surface area contributed by atoms with Crippen molar-refractivity contribution in [1.29, 1.82) is 0 Å². The monoisotopic (exact) mass is 257 g/mol. The molecule has 2 N–H and O–H groups in total. The van der Waals surface area contributed by atoms with Gasteiger partial charge in [-0.05, 0) is 25.8 Å². The van der Waals surface area contributed by atoms with Gasteiger partial charge < -0.3 is 10.4 Å². The average Bonchev–Trinajstić information content (AvgIpc) is 2.59. The van der Waals surface area contributed by atoms with Crippen molar-refractivity contribution >= 4 is 11.6 Å². The van der Waals surface area contributed by atoms with Crippen molar-refractivity contribution in [2.45, 2.75) is 32.3 Å². The van der Waals surface area contributed by atoms with Crippen LogP contribution in [0.5, 0.6) is 0 Å². The molecule has 0 radical (unpaired) electrons. The molecule has 0 saturated carbocycles. The van der Waals surface area contributed by atoms with Crippen LogP contribution in [0.4, 0.5) is 0 Å². The van der Waals surface area contributed by atoms with Crippen LogP contribution in [0.3, 0.4) is 0 Å². The van der Waals surface area contributed by atoms with Crippen LogP contribution in [-0.4, -0.2) is 34.1 Å². The van der Waals surface area contributed by atoms with E-state index >= 15 is 0 Å². The molecule has 1 fully saturated rings. The van der Waals surface area contributed by atoms with Crippen LogP contribution in [0, 0.1) is 5.92 Å². The number of hydrogen-bond donors (Lipinski definition) is 2. The Kier molecular flexibility index (Phi) is 4.07. The Hall–Kier alpha value is -0.580. The fraction of sp³-hybridized carbons (Fsp3) is 0.750. The maximum atomic E-state index is 9.96. The Morgan fingerprint density at radius 3 is 2.94 bits per heavy atom. The van der Waals surface area contributed by atoms with E-state index in [1.54, 1.807) is 0 Å². The third-order valence-corrected chi connectivity index (χ3v) is 3.96. The smallest absolute Gasteiger partial charge is 0.0849 e. The molecule has 4 nitrogen and oxygen atoms in total. The van der Waals surface area contributed by atoms with Gasteiger partial charge in [-0.3, -0.25) is 4.68 Å². The summed E-state index contributed by atoms with van der Waals surface area (Å²) in [6.07, 6.45) is 2.22. The second-order valence-corrected chi connectivity index (χ2v) is 5.09. The largest absolute Gasteiger partial charge is 0.393 e. The summed E-state index contributed by atoms with van der Waals surface area (Å²) >= 11 is 6.31. The first-order valence-electron chi connectivity index (χ1n) is 6.22. The van der Waals surface area contributed by atoms with Crippen molar-refractivity contribution in [2.75, 3.05) is 13.1 Å². The molecule has 2 rings (SSSR count). The van der Waals surface area contributed by atoms with Gasteiger partial charge in [0.2, 0.25) is 0 Å². The summed E-state index contributed by atoms with van der Waals surface area (Å²) in [4.78, 5) is 0. The SMILES string of the molecule is CCc1nn(C)c(CC2CNCCC2O)c1Cl. The summed E-state index contributed by atoms with van der Waals surface area (Å²) in [5.41, 5.74) is 1.98. The zero-order valence-electron chi connectivity index (χ0n) is 10.4. The van der Waals surface area contributed by atoms with Crippen molar-refractivity contribution in [3.8, 4) is 0 Å². The van der Waals surface area contributed by atoms with Crippen LogP contribution in [0.2, 0.25) is 5.02 Å². The average molecular weight is 258 g/mol. The van der Waals surface area contributed by atoms with E-state index in [0.29, 0.717) is 0 Å². The van der Waals surface area contributed by atoms with Crippen molar-refractivity contribution < 1.29 is 5.11 Å². The third kappa shape index (κ3) is 2.64. The summed E-state index contributed by atoms with van der Waals surface area (Å²) in [5, 5.41) is 18.4. The molecule has 0 spiro atoms. The molecule has 1 aromatic heterocycles. The van der Waals surface area contributed by atoms with Crippen LogP contribution in [-0.2, 0) is 19.9 Å². The summed E-state index contributed by atoms with van der Waals surface area (Å²) < 4.78 is 1.85. The maximum absolute atomic E-state index is 9.96. The molecule has 1 aliphatic rings. The van der Waals surface area contributed by atoms with Crippen LogP contribution < -0.4 is 5.32 Å². The molecule has 0 aromatic carbocycles. The van der Waals surface area contributed by atoms with Crippen molar-refractivity contribution in [2.24, 2.45) is 13.0 Å². The zero-order valence-corrected chi connectivity index (χ0v) is 11.2. The molecule has 96 valence electrons. The molecule has 2 atom stereocenters. The second-order valence-electron chi connectivity index (χ2n) is 4.71. The van der Waals surface area contributed by atoms with Gasteiger partial charge in [0.15, 0.2) is 0 Å². The molecule has 0 amide bonds. The van der Waals surface area contributed by atoms with Crippen LogP contribution in [0.25, 0.3) is 0 Å². The zero-order chi connectivity index (χ0) is 12.4. The van der Waals surface area contributed by atoms with E-state index in [-0.39, 0.29) is 12.0 Å². The minimum absolute atomic E-state index is 0.229. The number of piperidine rings is 1. The lowest BCUT2D eigenvalue weighted by Crippen LogP contribution is -2.41. The lowest BCUT2D eigenvalue weighted by atomic mass is 9.91. The Labute approximate surface area is 107 Å². The van der Waals surface area contributed by atoms with Gasteiger partial charge in [0.05, 0.1) is 22.5 Å². The van der Waals surface area contributed by atoms with E-state index in [4.69, 9.17) is 11.6 Å². The molecule has 1 aliphatic heterocycles. The normalized spacial score (nSPS) is 25.2. The fourth-order valence-electron chi connectivity index (χ4n) is 2.41. The minimum Gasteiger partial charge on any atom is -0.393 e. The van der Waals surface area contributed by atoms with Gasteiger partial charge in [-0.2, -0.15) is 5.10 Å². The molecule has 2 unspecified atom stereocenters. The number of aliphatic hydroxyl groups is 1. The van der Waals surface area contributed by atoms with E-state index in [0.717, 1.165) is 48.8 Å². The third-order valence-electron chi connectivity index (χ3n) is 3.53. The van der Waals surface area contributed by atoms with Gasteiger partial charge in [-0.25, -0.2) is 0 Å². The molecular weight excluding hydrogens is 238 g/mol. The van der Waals surface area contributed by atoms with Crippen molar-refractivity contribution in [3.63, 3.8) is 0 Å². The molecule has 2 heterocycles. The number of aliphatic hydroxyl groups excluding tert-OH is 1. The second kappa shape index (κ2) is 5.38. The van der Waals surface area contributed by atoms with Gasteiger partial charge in [0.1, 0.15) is 0 Å². The first kappa shape index (κ1) is 12.9. The fourth-order valence-corrected chi connectivity index (χ4v) is 2.78. The number of hydrogen-bond acceptors (Lipinski definition) is 3. The molecule has 17 heavy (non-hydrogen) atoms. The quantitative estimate of drug-likeness (QED) is 0.854. The predicted octanol–water partition coefficient (Wildman–Crippen LogP) is 1.15. The molecule has 0 bridgehead atoms. The Morgan fingerprint density at radius 2 is 2.35 bits per heavy atom. The van der Waals surface area contributed by atoms with Crippen LogP contribution in [0.1, 0.15) is 24.7 Å². The van der Waals surface area contributed by atoms with Gasteiger partial charge in [0.25, 0.3) is 0 Å². The highest BCUT2D eigenvalue weighted by molar-refractivity contribution is 6.31. The van der Waals surface area contributed by atoms with Crippen molar-refractivity contribution in [1.82, 2.24) is 15.1 Å². The summed E-state index contributed by atoms with van der Waals surface area (Å²) in [7, 11) is 1.92. The molecule has 1 saturated heterocycles. The van der Waals surface area contributed by atoms with Gasteiger partial charge in [0, 0.05) is 19.5 Å². The number of rotatable bonds is 3. The topological polar surface area (TPSA) is 50.1 Å². The van der Waals surface area contributed by atoms with E-state index < -0.39 is 0 Å². The minimum atomic E-state index is -0.229. The van der Waals surface area contributed by atoms with Gasteiger partial charge in [-0.15, -0.1) is 0 Å². The molecule has 0 aliphatic carbocycles. The number of halogens is 1.